The van der Waals surface area contributed by atoms with E-state index in [4.69, 9.17) is 0 Å². The van der Waals surface area contributed by atoms with Crippen LogP contribution in [0.2, 0.25) is 0 Å². The second kappa shape index (κ2) is 5.23. The van der Waals surface area contributed by atoms with E-state index >= 15 is 0 Å². The van der Waals surface area contributed by atoms with Gasteiger partial charge in [-0.25, -0.2) is 4.98 Å². The van der Waals surface area contributed by atoms with Crippen LogP contribution in [-0.2, 0) is 13.0 Å². The summed E-state index contributed by atoms with van der Waals surface area (Å²) in [6.45, 7) is 5.89. The summed E-state index contributed by atoms with van der Waals surface area (Å²) in [5.41, 5.74) is 3.48. The summed E-state index contributed by atoms with van der Waals surface area (Å²) in [6.07, 6.45) is 2.87. The molecule has 16 heavy (non-hydrogen) atoms. The summed E-state index contributed by atoms with van der Waals surface area (Å²) in [7, 11) is 0. The lowest BCUT2D eigenvalue weighted by Crippen LogP contribution is -2.16. The molecule has 2 rings (SSSR count). The molecule has 86 valence electrons. The van der Waals surface area contributed by atoms with E-state index in [1.165, 1.54) is 10.6 Å². The Bertz CT molecular complexity index is 446. The normalized spacial score (nSPS) is 10.9. The number of aromatic amines is 1. The zero-order valence-electron chi connectivity index (χ0n) is 9.58. The van der Waals surface area contributed by atoms with Gasteiger partial charge in [0.1, 0.15) is 0 Å². The molecule has 0 radical (unpaired) electrons. The second-order valence-corrected chi connectivity index (χ2v) is 4.77. The van der Waals surface area contributed by atoms with E-state index in [-0.39, 0.29) is 0 Å². The number of hydrogen-bond donors (Lipinski definition) is 2. The highest BCUT2D eigenvalue weighted by Crippen LogP contribution is 2.08. The van der Waals surface area contributed by atoms with Gasteiger partial charge in [-0.15, -0.1) is 11.3 Å². The maximum Gasteiger partial charge on any atom is 0.0940 e. The van der Waals surface area contributed by atoms with Crippen molar-refractivity contribution >= 4 is 11.3 Å². The van der Waals surface area contributed by atoms with Crippen molar-refractivity contribution in [3.8, 4) is 0 Å². The average molecular weight is 236 g/mol. The Morgan fingerprint density at radius 3 is 2.94 bits per heavy atom. The molecular formula is C11H16N4S. The van der Waals surface area contributed by atoms with Crippen molar-refractivity contribution < 1.29 is 0 Å². The average Bonchev–Trinajstić information content (AvgIpc) is 2.83. The first-order chi connectivity index (χ1) is 7.75. The summed E-state index contributed by atoms with van der Waals surface area (Å²) in [5.74, 6) is 0. The molecule has 2 aromatic heterocycles. The van der Waals surface area contributed by atoms with Crippen molar-refractivity contribution in [2.24, 2.45) is 0 Å². The highest BCUT2D eigenvalue weighted by molar-refractivity contribution is 7.09. The molecule has 0 aromatic carbocycles. The van der Waals surface area contributed by atoms with Crippen LogP contribution < -0.4 is 5.32 Å². The maximum atomic E-state index is 4.42. The van der Waals surface area contributed by atoms with Crippen molar-refractivity contribution in [2.75, 3.05) is 6.54 Å². The van der Waals surface area contributed by atoms with E-state index in [0.717, 1.165) is 30.9 Å². The number of aromatic nitrogens is 3. The smallest absolute Gasteiger partial charge is 0.0940 e. The molecule has 0 spiro atoms. The van der Waals surface area contributed by atoms with E-state index in [1.807, 2.05) is 20.0 Å². The SMILES string of the molecule is Cc1csc(CCNCc2cn[nH]c2C)n1. The molecule has 0 saturated carbocycles. The first-order valence-corrected chi connectivity index (χ1v) is 6.24. The largest absolute Gasteiger partial charge is 0.312 e. The molecule has 2 N–H and O–H groups in total. The van der Waals surface area contributed by atoms with Crippen LogP contribution >= 0.6 is 11.3 Å². The fraction of sp³-hybridized carbons (Fsp3) is 0.455. The first kappa shape index (κ1) is 11.3. The second-order valence-electron chi connectivity index (χ2n) is 3.83. The van der Waals surface area contributed by atoms with Crippen LogP contribution in [0.25, 0.3) is 0 Å². The Hall–Kier alpha value is -1.20. The van der Waals surface area contributed by atoms with Gasteiger partial charge in [0.15, 0.2) is 0 Å². The predicted molar refractivity (Wildman–Crippen MR) is 65.6 cm³/mol. The highest BCUT2D eigenvalue weighted by atomic mass is 32.1. The third-order valence-electron chi connectivity index (χ3n) is 2.43. The zero-order valence-corrected chi connectivity index (χ0v) is 10.4. The molecule has 0 unspecified atom stereocenters. The minimum atomic E-state index is 0.868. The lowest BCUT2D eigenvalue weighted by molar-refractivity contribution is 0.682. The third kappa shape index (κ3) is 2.90. The summed E-state index contributed by atoms with van der Waals surface area (Å²) < 4.78 is 0. The third-order valence-corrected chi connectivity index (χ3v) is 3.46. The molecule has 4 nitrogen and oxygen atoms in total. The van der Waals surface area contributed by atoms with Gasteiger partial charge in [-0.05, 0) is 13.8 Å². The van der Waals surface area contributed by atoms with E-state index in [0.29, 0.717) is 0 Å². The molecule has 0 saturated heterocycles. The quantitative estimate of drug-likeness (QED) is 0.779. The number of rotatable bonds is 5. The van der Waals surface area contributed by atoms with Crippen molar-refractivity contribution in [3.05, 3.63) is 33.5 Å². The molecule has 0 aliphatic carbocycles. The van der Waals surface area contributed by atoms with E-state index in [9.17, 15) is 0 Å². The molecular weight excluding hydrogens is 220 g/mol. The standard InChI is InChI=1S/C11H16N4S/c1-8-7-16-11(14-8)3-4-12-5-10-6-13-15-9(10)2/h6-7,12H,3-5H2,1-2H3,(H,13,15). The van der Waals surface area contributed by atoms with Crippen LogP contribution in [0.5, 0.6) is 0 Å². The molecule has 0 aliphatic heterocycles. The lowest BCUT2D eigenvalue weighted by atomic mass is 10.2. The Kier molecular flexibility index (Phi) is 3.69. The predicted octanol–water partition coefficient (Wildman–Crippen LogP) is 1.82. The van der Waals surface area contributed by atoms with Gasteiger partial charge >= 0.3 is 0 Å². The van der Waals surface area contributed by atoms with Gasteiger partial charge in [-0.3, -0.25) is 5.10 Å². The number of hydrogen-bond acceptors (Lipinski definition) is 4. The fourth-order valence-corrected chi connectivity index (χ4v) is 2.27. The van der Waals surface area contributed by atoms with Gasteiger partial charge in [0.25, 0.3) is 0 Å². The molecule has 0 bridgehead atoms. The molecule has 0 aliphatic rings. The summed E-state index contributed by atoms with van der Waals surface area (Å²) in [5, 5.41) is 13.6. The van der Waals surface area contributed by atoms with E-state index in [2.05, 4.69) is 25.9 Å². The molecule has 0 fully saturated rings. The van der Waals surface area contributed by atoms with Crippen LogP contribution in [0, 0.1) is 13.8 Å². The van der Waals surface area contributed by atoms with Crippen molar-refractivity contribution in [3.63, 3.8) is 0 Å². The molecule has 5 heteroatoms. The van der Waals surface area contributed by atoms with Crippen LogP contribution in [-0.4, -0.2) is 21.7 Å². The maximum absolute atomic E-state index is 4.42. The molecule has 0 amide bonds. The first-order valence-electron chi connectivity index (χ1n) is 5.36. The van der Waals surface area contributed by atoms with Gasteiger partial charge in [0.05, 0.1) is 11.2 Å². The van der Waals surface area contributed by atoms with Crippen LogP contribution in [0.3, 0.4) is 0 Å². The van der Waals surface area contributed by atoms with Gasteiger partial charge in [-0.2, -0.15) is 5.10 Å². The van der Waals surface area contributed by atoms with Gasteiger partial charge in [-0.1, -0.05) is 0 Å². The Labute approximate surface area is 99.1 Å². The minimum Gasteiger partial charge on any atom is -0.312 e. The number of nitrogens with one attached hydrogen (secondary N) is 2. The van der Waals surface area contributed by atoms with E-state index < -0.39 is 0 Å². The monoisotopic (exact) mass is 236 g/mol. The number of nitrogens with zero attached hydrogens (tertiary/aromatic N) is 2. The lowest BCUT2D eigenvalue weighted by Gasteiger charge is -2.01. The van der Waals surface area contributed by atoms with Crippen LogP contribution in [0.4, 0.5) is 0 Å². The number of aryl methyl sites for hydroxylation is 2. The molecule has 2 heterocycles. The van der Waals surface area contributed by atoms with Gasteiger partial charge in [0.2, 0.25) is 0 Å². The van der Waals surface area contributed by atoms with Crippen LogP contribution in [0.15, 0.2) is 11.6 Å². The Balaban J connectivity index is 1.71. The molecule has 0 atom stereocenters. The zero-order chi connectivity index (χ0) is 11.4. The van der Waals surface area contributed by atoms with Gasteiger partial charge in [0, 0.05) is 41.8 Å². The van der Waals surface area contributed by atoms with Crippen molar-refractivity contribution in [1.29, 1.82) is 0 Å². The summed E-state index contributed by atoms with van der Waals surface area (Å²) >= 11 is 1.73. The Morgan fingerprint density at radius 1 is 1.44 bits per heavy atom. The number of thiazole rings is 1. The van der Waals surface area contributed by atoms with Crippen LogP contribution in [0.1, 0.15) is 22.0 Å². The van der Waals surface area contributed by atoms with Gasteiger partial charge < -0.3 is 5.32 Å². The Morgan fingerprint density at radius 2 is 2.31 bits per heavy atom. The summed E-state index contributed by atoms with van der Waals surface area (Å²) in [4.78, 5) is 4.42. The summed E-state index contributed by atoms with van der Waals surface area (Å²) in [6, 6.07) is 0. The van der Waals surface area contributed by atoms with Crippen molar-refractivity contribution in [1.82, 2.24) is 20.5 Å². The number of H-pyrrole nitrogens is 1. The van der Waals surface area contributed by atoms with Crippen molar-refractivity contribution in [2.45, 2.75) is 26.8 Å². The topological polar surface area (TPSA) is 53.6 Å². The molecule has 2 aromatic rings. The fourth-order valence-electron chi connectivity index (χ4n) is 1.49. The highest BCUT2D eigenvalue weighted by Gasteiger charge is 2.00. The minimum absolute atomic E-state index is 0.868. The van der Waals surface area contributed by atoms with E-state index in [1.54, 1.807) is 11.3 Å².